The van der Waals surface area contributed by atoms with Crippen molar-refractivity contribution in [2.45, 2.75) is 45.6 Å². The van der Waals surface area contributed by atoms with E-state index in [9.17, 15) is 4.79 Å². The smallest absolute Gasteiger partial charge is 0.258 e. The van der Waals surface area contributed by atoms with Crippen molar-refractivity contribution in [3.8, 4) is 16.5 Å². The van der Waals surface area contributed by atoms with E-state index >= 15 is 0 Å². The summed E-state index contributed by atoms with van der Waals surface area (Å²) in [6.45, 7) is 6.07. The molecule has 0 aliphatic heterocycles. The molecule has 158 valence electrons. The molecule has 1 fully saturated rings. The van der Waals surface area contributed by atoms with Crippen LogP contribution in [0.25, 0.3) is 16.5 Å². The van der Waals surface area contributed by atoms with E-state index in [4.69, 9.17) is 0 Å². The van der Waals surface area contributed by atoms with E-state index in [0.717, 1.165) is 15.6 Å². The first-order valence-electron chi connectivity index (χ1n) is 10.3. The fourth-order valence-corrected chi connectivity index (χ4v) is 4.44. The molecule has 1 aliphatic rings. The maximum absolute atomic E-state index is 13.0. The maximum atomic E-state index is 13.0. The number of thiophene rings is 1. The fraction of sp³-hybridized carbons (Fsp3) is 0.318. The van der Waals surface area contributed by atoms with Gasteiger partial charge in [0.2, 0.25) is 0 Å². The van der Waals surface area contributed by atoms with Gasteiger partial charge < -0.3 is 9.88 Å². The number of carbonyl (C=O) groups is 1. The van der Waals surface area contributed by atoms with Crippen molar-refractivity contribution in [1.29, 1.82) is 0 Å². The van der Waals surface area contributed by atoms with E-state index in [0.29, 0.717) is 28.8 Å². The SMILES string of the molecule is Cc1sc(-n2cnc(C3CC3)c2)cc1C(=O)Nc1cccc(-c2nncn2C(C)C)n1. The Morgan fingerprint density at radius 3 is 2.87 bits per heavy atom. The third-order valence-electron chi connectivity index (χ3n) is 5.35. The molecule has 5 rings (SSSR count). The average molecular weight is 434 g/mol. The Bertz CT molecular complexity index is 1250. The molecule has 1 aliphatic carbocycles. The molecule has 4 aromatic heterocycles. The summed E-state index contributed by atoms with van der Waals surface area (Å²) >= 11 is 1.58. The quantitative estimate of drug-likeness (QED) is 0.480. The van der Waals surface area contributed by atoms with Gasteiger partial charge in [0.15, 0.2) is 5.82 Å². The summed E-state index contributed by atoms with van der Waals surface area (Å²) in [5.74, 6) is 1.57. The molecule has 1 N–H and O–H groups in total. The van der Waals surface area contributed by atoms with E-state index in [-0.39, 0.29) is 11.9 Å². The van der Waals surface area contributed by atoms with E-state index in [2.05, 4.69) is 45.5 Å². The Morgan fingerprint density at radius 2 is 2.10 bits per heavy atom. The second-order valence-electron chi connectivity index (χ2n) is 8.05. The summed E-state index contributed by atoms with van der Waals surface area (Å²) in [5.41, 5.74) is 2.43. The van der Waals surface area contributed by atoms with E-state index in [1.54, 1.807) is 23.7 Å². The van der Waals surface area contributed by atoms with Gasteiger partial charge in [0.05, 0.1) is 11.3 Å². The van der Waals surface area contributed by atoms with Crippen LogP contribution in [0.2, 0.25) is 0 Å². The van der Waals surface area contributed by atoms with Crippen LogP contribution in [-0.4, -0.2) is 35.2 Å². The summed E-state index contributed by atoms with van der Waals surface area (Å²) < 4.78 is 3.95. The van der Waals surface area contributed by atoms with Gasteiger partial charge in [-0.3, -0.25) is 9.36 Å². The van der Waals surface area contributed by atoms with Gasteiger partial charge in [0, 0.05) is 23.0 Å². The molecule has 8 nitrogen and oxygen atoms in total. The summed E-state index contributed by atoms with van der Waals surface area (Å²) in [6, 6.07) is 7.61. The number of rotatable bonds is 6. The average Bonchev–Trinajstić information content (AvgIpc) is 3.16. The number of nitrogens with one attached hydrogen (secondary N) is 1. The van der Waals surface area contributed by atoms with Crippen LogP contribution < -0.4 is 5.32 Å². The van der Waals surface area contributed by atoms with Crippen LogP contribution in [0.1, 0.15) is 59.6 Å². The second-order valence-corrected chi connectivity index (χ2v) is 9.29. The topological polar surface area (TPSA) is 90.5 Å². The third kappa shape index (κ3) is 3.88. The Labute approximate surface area is 184 Å². The number of carbonyl (C=O) groups excluding carboxylic acids is 1. The van der Waals surface area contributed by atoms with Gasteiger partial charge in [-0.2, -0.15) is 0 Å². The molecule has 0 spiro atoms. The molecule has 0 atom stereocenters. The lowest BCUT2D eigenvalue weighted by Crippen LogP contribution is -2.13. The van der Waals surface area contributed by atoms with E-state index < -0.39 is 0 Å². The second kappa shape index (κ2) is 7.73. The van der Waals surface area contributed by atoms with Gasteiger partial charge >= 0.3 is 0 Å². The van der Waals surface area contributed by atoms with E-state index in [1.165, 1.54) is 12.8 Å². The zero-order chi connectivity index (χ0) is 21.5. The lowest BCUT2D eigenvalue weighted by molar-refractivity contribution is 0.102. The Hall–Kier alpha value is -3.33. The molecular formula is C22H23N7OS. The van der Waals surface area contributed by atoms with Gasteiger partial charge in [0.25, 0.3) is 5.91 Å². The minimum atomic E-state index is -0.183. The standard InChI is InChI=1S/C22H23N7OS/c1-13(2)29-12-24-27-21(29)17-5-4-6-19(25-17)26-22(30)16-9-20(31-14(16)3)28-10-18(23-11-28)15-7-8-15/h4-6,9-13,15H,7-8H2,1-3H3,(H,25,26,30). The maximum Gasteiger partial charge on any atom is 0.258 e. The molecule has 0 saturated heterocycles. The molecule has 0 unspecified atom stereocenters. The highest BCUT2D eigenvalue weighted by molar-refractivity contribution is 7.14. The summed E-state index contributed by atoms with van der Waals surface area (Å²) in [7, 11) is 0. The van der Waals surface area contributed by atoms with Crippen LogP contribution >= 0.6 is 11.3 Å². The molecule has 0 radical (unpaired) electrons. The van der Waals surface area contributed by atoms with Gasteiger partial charge in [-0.1, -0.05) is 6.07 Å². The molecule has 0 bridgehead atoms. The molecule has 0 aromatic carbocycles. The van der Waals surface area contributed by atoms with Crippen molar-refractivity contribution in [3.63, 3.8) is 0 Å². The predicted octanol–water partition coefficient (Wildman–Crippen LogP) is 4.61. The number of hydrogen-bond acceptors (Lipinski definition) is 6. The largest absolute Gasteiger partial charge is 0.310 e. The van der Waals surface area contributed by atoms with Gasteiger partial charge in [-0.25, -0.2) is 9.97 Å². The van der Waals surface area contributed by atoms with Gasteiger partial charge in [-0.15, -0.1) is 21.5 Å². The summed E-state index contributed by atoms with van der Waals surface area (Å²) in [6.07, 6.45) is 8.02. The van der Waals surface area contributed by atoms with Crippen LogP contribution in [0.15, 0.2) is 43.1 Å². The molecule has 1 saturated carbocycles. The van der Waals surface area contributed by atoms with Crippen LogP contribution in [0, 0.1) is 6.92 Å². The molecule has 1 amide bonds. The molecular weight excluding hydrogens is 410 g/mol. The molecule has 4 aromatic rings. The highest BCUT2D eigenvalue weighted by atomic mass is 32.1. The number of anilines is 1. The summed E-state index contributed by atoms with van der Waals surface area (Å²) in [5, 5.41) is 12.1. The zero-order valence-corrected chi connectivity index (χ0v) is 18.4. The third-order valence-corrected chi connectivity index (χ3v) is 6.42. The van der Waals surface area contributed by atoms with Crippen molar-refractivity contribution in [1.82, 2.24) is 29.3 Å². The van der Waals surface area contributed by atoms with Crippen molar-refractivity contribution < 1.29 is 4.79 Å². The van der Waals surface area contributed by atoms with E-state index in [1.807, 2.05) is 40.6 Å². The number of imidazole rings is 1. The summed E-state index contributed by atoms with van der Waals surface area (Å²) in [4.78, 5) is 23.0. The lowest BCUT2D eigenvalue weighted by Gasteiger charge is -2.10. The molecule has 4 heterocycles. The number of nitrogens with zero attached hydrogens (tertiary/aromatic N) is 6. The predicted molar refractivity (Wildman–Crippen MR) is 120 cm³/mol. The fourth-order valence-electron chi connectivity index (χ4n) is 3.48. The molecule has 9 heteroatoms. The number of pyridine rings is 1. The normalized spacial score (nSPS) is 13.7. The van der Waals surface area contributed by atoms with Crippen molar-refractivity contribution in [2.24, 2.45) is 0 Å². The lowest BCUT2D eigenvalue weighted by atomic mass is 10.2. The number of amides is 1. The Balaban J connectivity index is 1.37. The van der Waals surface area contributed by atoms with Crippen LogP contribution in [0.3, 0.4) is 0 Å². The van der Waals surface area contributed by atoms with Crippen molar-refractivity contribution in [3.05, 3.63) is 59.3 Å². The highest BCUT2D eigenvalue weighted by Gasteiger charge is 2.26. The Kier molecular flexibility index (Phi) is 4.90. The van der Waals surface area contributed by atoms with Crippen LogP contribution in [0.4, 0.5) is 5.82 Å². The zero-order valence-electron chi connectivity index (χ0n) is 17.6. The van der Waals surface area contributed by atoms with Crippen molar-refractivity contribution >= 4 is 23.1 Å². The minimum absolute atomic E-state index is 0.183. The highest BCUT2D eigenvalue weighted by Crippen LogP contribution is 2.39. The first kappa shape index (κ1) is 19.6. The van der Waals surface area contributed by atoms with Gasteiger partial charge in [-0.05, 0) is 51.8 Å². The first-order chi connectivity index (χ1) is 15.0. The first-order valence-corrected chi connectivity index (χ1v) is 11.1. The van der Waals surface area contributed by atoms with Crippen LogP contribution in [0.5, 0.6) is 0 Å². The Morgan fingerprint density at radius 1 is 1.26 bits per heavy atom. The number of aromatic nitrogens is 6. The number of hydrogen-bond donors (Lipinski definition) is 1. The molecule has 31 heavy (non-hydrogen) atoms. The van der Waals surface area contributed by atoms with Crippen LogP contribution in [-0.2, 0) is 0 Å². The number of aryl methyl sites for hydroxylation is 1. The van der Waals surface area contributed by atoms with Gasteiger partial charge in [0.1, 0.15) is 29.2 Å². The monoisotopic (exact) mass is 433 g/mol. The minimum Gasteiger partial charge on any atom is -0.310 e. The van der Waals surface area contributed by atoms with Crippen molar-refractivity contribution in [2.75, 3.05) is 5.32 Å².